The lowest BCUT2D eigenvalue weighted by molar-refractivity contribution is -0.156. The molecule has 0 bridgehead atoms. The molecule has 0 amide bonds. The summed E-state index contributed by atoms with van der Waals surface area (Å²) >= 11 is 0. The van der Waals surface area contributed by atoms with E-state index < -0.39 is 66.7 Å². The van der Waals surface area contributed by atoms with Crippen LogP contribution in [0, 0.1) is 0 Å². The van der Waals surface area contributed by atoms with Crippen LogP contribution >= 0.6 is 0 Å². The van der Waals surface area contributed by atoms with E-state index in [1.807, 2.05) is 0 Å². The summed E-state index contributed by atoms with van der Waals surface area (Å²) in [5.74, 6) is -4.14. The van der Waals surface area contributed by atoms with Gasteiger partial charge in [-0.25, -0.2) is 0 Å². The second-order valence-corrected chi connectivity index (χ2v) is 6.30. The fraction of sp³-hybridized carbons (Fsp3) is 0.619. The lowest BCUT2D eigenvalue weighted by Crippen LogP contribution is -2.24. The van der Waals surface area contributed by atoms with Gasteiger partial charge in [-0.05, 0) is 0 Å². The Morgan fingerprint density at radius 2 is 0.811 bits per heavy atom. The van der Waals surface area contributed by atoms with Gasteiger partial charge in [0.2, 0.25) is 5.78 Å². The van der Waals surface area contributed by atoms with Crippen molar-refractivity contribution in [3.8, 4) is 0 Å². The first-order valence-electron chi connectivity index (χ1n) is 10.1. The maximum atomic E-state index is 10.7. The Kier molecular flexibility index (Phi) is 29.3. The Balaban J connectivity index is -0.000000205. The summed E-state index contributed by atoms with van der Waals surface area (Å²) in [7, 11) is 0. The average Bonchev–Trinajstić information content (AvgIpc) is 2.78. The number of aliphatic hydroxyl groups is 3. The highest BCUT2D eigenvalue weighted by Crippen LogP contribution is 1.88. The van der Waals surface area contributed by atoms with Gasteiger partial charge in [0.25, 0.3) is 0 Å². The number of hydrogen-bond donors (Lipinski definition) is 3. The molecule has 0 spiro atoms. The van der Waals surface area contributed by atoms with Gasteiger partial charge in [-0.3, -0.25) is 38.4 Å². The van der Waals surface area contributed by atoms with Crippen molar-refractivity contribution < 1.29 is 77.4 Å². The summed E-state index contributed by atoms with van der Waals surface area (Å²) in [6, 6.07) is 0. The molecule has 16 heteroatoms. The van der Waals surface area contributed by atoms with E-state index in [4.69, 9.17) is 15.3 Å². The van der Waals surface area contributed by atoms with Gasteiger partial charge in [-0.2, -0.15) is 0 Å². The number of esters is 6. The fourth-order valence-electron chi connectivity index (χ4n) is 1.13. The zero-order chi connectivity index (χ0) is 30.0. The van der Waals surface area contributed by atoms with Crippen LogP contribution in [-0.2, 0) is 62.0 Å². The van der Waals surface area contributed by atoms with Gasteiger partial charge < -0.3 is 39.0 Å². The SMILES string of the molecule is CC(=O)OC(C)=O.CC(=O)OCC(=O)COC(C)=O.CC(=O)OCC(O)COC(C)=O.O=C(CO)CO. The van der Waals surface area contributed by atoms with Crippen molar-refractivity contribution in [1.82, 2.24) is 0 Å². The standard InChI is InChI=1S/C7H12O5.C7H10O5.C4H6O3.C3H6O3/c2*1-5(8)11-3-7(10)4-12-6(2)9;1-3(5)7-4(2)6;4-1-3(6)2-5/h7,10H,3-4H2,1-2H3;3-4H2,1-2H3;1-2H3;4-5H,1-2H2. The monoisotopic (exact) mass is 542 g/mol. The topological polar surface area (TPSA) is 243 Å². The molecule has 0 saturated heterocycles. The largest absolute Gasteiger partial charge is 0.463 e. The van der Waals surface area contributed by atoms with Gasteiger partial charge in [0.05, 0.1) is 0 Å². The van der Waals surface area contributed by atoms with Crippen molar-refractivity contribution in [3.05, 3.63) is 0 Å². The van der Waals surface area contributed by atoms with Gasteiger partial charge in [0.1, 0.15) is 32.5 Å². The van der Waals surface area contributed by atoms with Gasteiger partial charge in [0, 0.05) is 41.5 Å². The molecule has 0 aromatic heterocycles. The average molecular weight is 542 g/mol. The Morgan fingerprint density at radius 1 is 0.514 bits per heavy atom. The second kappa shape index (κ2) is 26.8. The highest BCUT2D eigenvalue weighted by molar-refractivity contribution is 5.84. The van der Waals surface area contributed by atoms with E-state index in [1.54, 1.807) is 0 Å². The van der Waals surface area contributed by atoms with Crippen molar-refractivity contribution in [1.29, 1.82) is 0 Å². The molecule has 0 aliphatic carbocycles. The van der Waals surface area contributed by atoms with Crippen LogP contribution in [0.25, 0.3) is 0 Å². The summed E-state index contributed by atoms with van der Waals surface area (Å²) in [5, 5.41) is 24.6. The zero-order valence-electron chi connectivity index (χ0n) is 21.5. The summed E-state index contributed by atoms with van der Waals surface area (Å²) in [5.41, 5.74) is 0. The molecular weight excluding hydrogens is 508 g/mol. The first kappa shape index (κ1) is 40.4. The molecule has 0 saturated carbocycles. The van der Waals surface area contributed by atoms with Crippen LogP contribution in [0.1, 0.15) is 41.5 Å². The molecule has 0 aromatic carbocycles. The molecule has 0 aliphatic heterocycles. The quantitative estimate of drug-likeness (QED) is 0.150. The van der Waals surface area contributed by atoms with Gasteiger partial charge in [-0.15, -0.1) is 0 Å². The third-order valence-corrected chi connectivity index (χ3v) is 2.47. The van der Waals surface area contributed by atoms with E-state index in [0.717, 1.165) is 0 Å². The lowest BCUT2D eigenvalue weighted by Gasteiger charge is -2.09. The summed E-state index contributed by atoms with van der Waals surface area (Å²) in [4.78, 5) is 80.9. The summed E-state index contributed by atoms with van der Waals surface area (Å²) < 4.78 is 21.6. The molecule has 3 N–H and O–H groups in total. The summed E-state index contributed by atoms with van der Waals surface area (Å²) in [6.45, 7) is 5.11. The molecule has 0 radical (unpaired) electrons. The minimum atomic E-state index is -0.946. The third-order valence-electron chi connectivity index (χ3n) is 2.47. The Hall–Kier alpha value is -3.76. The van der Waals surface area contributed by atoms with E-state index in [2.05, 4.69) is 23.7 Å². The smallest absolute Gasteiger partial charge is 0.310 e. The van der Waals surface area contributed by atoms with Gasteiger partial charge in [0.15, 0.2) is 19.0 Å². The number of Topliss-reactive ketones (excluding diaryl/α,β-unsaturated/α-hetero) is 2. The molecule has 0 atom stereocenters. The fourth-order valence-corrected chi connectivity index (χ4v) is 1.13. The maximum Gasteiger partial charge on any atom is 0.310 e. The number of carbonyl (C=O) groups is 8. The molecule has 0 fully saturated rings. The minimum absolute atomic E-state index is 0.150. The van der Waals surface area contributed by atoms with Gasteiger partial charge >= 0.3 is 35.8 Å². The molecule has 0 aliphatic rings. The van der Waals surface area contributed by atoms with Crippen molar-refractivity contribution in [3.63, 3.8) is 0 Å². The van der Waals surface area contributed by atoms with Crippen LogP contribution in [0.3, 0.4) is 0 Å². The number of aliphatic hydroxyl groups excluding tert-OH is 3. The number of ketones is 2. The normalized spacial score (nSPS) is 8.81. The van der Waals surface area contributed by atoms with Crippen molar-refractivity contribution >= 4 is 47.4 Å². The molecule has 0 heterocycles. The molecule has 214 valence electrons. The third kappa shape index (κ3) is 50.2. The van der Waals surface area contributed by atoms with Crippen LogP contribution < -0.4 is 0 Å². The molecule has 37 heavy (non-hydrogen) atoms. The first-order valence-corrected chi connectivity index (χ1v) is 10.1. The van der Waals surface area contributed by atoms with Crippen LogP contribution in [-0.4, -0.2) is 108 Å². The van der Waals surface area contributed by atoms with E-state index in [-0.39, 0.29) is 26.4 Å². The zero-order valence-corrected chi connectivity index (χ0v) is 21.5. The minimum Gasteiger partial charge on any atom is -0.463 e. The molecular formula is C21H34O16. The van der Waals surface area contributed by atoms with Crippen molar-refractivity contribution in [2.45, 2.75) is 47.6 Å². The van der Waals surface area contributed by atoms with E-state index in [0.29, 0.717) is 0 Å². The Bertz CT molecular complexity index is 687. The Morgan fingerprint density at radius 3 is 0.973 bits per heavy atom. The number of carbonyl (C=O) groups excluding carboxylic acids is 8. The molecule has 16 nitrogen and oxygen atoms in total. The summed E-state index contributed by atoms with van der Waals surface area (Å²) in [6.07, 6.45) is -0.946. The predicted molar refractivity (Wildman–Crippen MR) is 119 cm³/mol. The van der Waals surface area contributed by atoms with Crippen LogP contribution in [0.5, 0.6) is 0 Å². The van der Waals surface area contributed by atoms with Crippen LogP contribution in [0.4, 0.5) is 0 Å². The lowest BCUT2D eigenvalue weighted by atomic mass is 10.4. The number of ether oxygens (including phenoxy) is 5. The van der Waals surface area contributed by atoms with Crippen LogP contribution in [0.15, 0.2) is 0 Å². The predicted octanol–water partition coefficient (Wildman–Crippen LogP) is -2.21. The van der Waals surface area contributed by atoms with E-state index >= 15 is 0 Å². The molecule has 0 unspecified atom stereocenters. The van der Waals surface area contributed by atoms with Crippen molar-refractivity contribution in [2.24, 2.45) is 0 Å². The van der Waals surface area contributed by atoms with E-state index in [9.17, 15) is 38.4 Å². The first-order chi connectivity index (χ1) is 17.0. The second-order valence-electron chi connectivity index (χ2n) is 6.30. The Labute approximate surface area is 212 Å². The van der Waals surface area contributed by atoms with Crippen LogP contribution in [0.2, 0.25) is 0 Å². The highest BCUT2D eigenvalue weighted by atomic mass is 16.6. The molecule has 0 aromatic rings. The highest BCUT2D eigenvalue weighted by Gasteiger charge is 2.07. The van der Waals surface area contributed by atoms with E-state index in [1.165, 1.54) is 41.5 Å². The number of hydrogen-bond acceptors (Lipinski definition) is 16. The van der Waals surface area contributed by atoms with Gasteiger partial charge in [-0.1, -0.05) is 0 Å². The van der Waals surface area contributed by atoms with Crippen molar-refractivity contribution in [2.75, 3.05) is 39.6 Å². The molecule has 0 rings (SSSR count). The maximum absolute atomic E-state index is 10.7. The number of rotatable bonds is 10.